The third kappa shape index (κ3) is 5.67. The van der Waals surface area contributed by atoms with E-state index in [0.29, 0.717) is 43.4 Å². The van der Waals surface area contributed by atoms with Crippen molar-refractivity contribution >= 4 is 17.5 Å². The van der Waals surface area contributed by atoms with E-state index in [4.69, 9.17) is 9.47 Å². The molecule has 0 aliphatic carbocycles. The molecule has 2 fully saturated rings. The summed E-state index contributed by atoms with van der Waals surface area (Å²) in [5.41, 5.74) is 0.622. The number of piperazine rings is 1. The number of rotatable bonds is 7. The number of amides is 1. The van der Waals surface area contributed by atoms with Crippen LogP contribution in [0.2, 0.25) is 0 Å². The predicted molar refractivity (Wildman–Crippen MR) is 130 cm³/mol. The van der Waals surface area contributed by atoms with Crippen molar-refractivity contribution in [1.29, 1.82) is 0 Å². The van der Waals surface area contributed by atoms with Crippen molar-refractivity contribution in [2.24, 2.45) is 0 Å². The van der Waals surface area contributed by atoms with Gasteiger partial charge in [0, 0.05) is 44.8 Å². The molecule has 3 heterocycles. The molecule has 2 aromatic rings. The fraction of sp³-hybridized carbons (Fsp3) is 0.560. The third-order valence-corrected chi connectivity index (χ3v) is 6.25. The Hall–Kier alpha value is -3.03. The molecule has 0 saturated carbocycles. The Kier molecular flexibility index (Phi) is 7.86. The minimum absolute atomic E-state index is 0.0150. The van der Waals surface area contributed by atoms with Crippen molar-refractivity contribution in [3.05, 3.63) is 35.9 Å². The Balaban J connectivity index is 1.35. The lowest BCUT2D eigenvalue weighted by Crippen LogP contribution is -2.49. The number of aromatic nitrogens is 2. The third-order valence-electron chi connectivity index (χ3n) is 6.25. The molecular weight excluding hydrogens is 418 g/mol. The van der Waals surface area contributed by atoms with Gasteiger partial charge in [-0.05, 0) is 57.0 Å². The van der Waals surface area contributed by atoms with E-state index in [1.807, 2.05) is 30.9 Å². The van der Waals surface area contributed by atoms with Crippen LogP contribution in [0.15, 0.2) is 30.3 Å². The lowest BCUT2D eigenvalue weighted by atomic mass is 10.1. The molecule has 0 radical (unpaired) electrons. The maximum Gasteiger partial charge on any atom is 0.254 e. The number of carbonyl (C=O) groups is 1. The second-order valence-electron chi connectivity index (χ2n) is 8.46. The highest BCUT2D eigenvalue weighted by Gasteiger charge is 2.24. The predicted octanol–water partition coefficient (Wildman–Crippen LogP) is 3.62. The summed E-state index contributed by atoms with van der Waals surface area (Å²) in [6.45, 7) is 9.81. The Bertz CT molecular complexity index is 905. The van der Waals surface area contributed by atoms with Crippen LogP contribution in [0, 0.1) is 0 Å². The van der Waals surface area contributed by atoms with Crippen LogP contribution in [0.5, 0.6) is 11.5 Å². The van der Waals surface area contributed by atoms with Crippen LogP contribution in [0.3, 0.4) is 0 Å². The number of ether oxygens (including phenoxy) is 2. The monoisotopic (exact) mass is 453 g/mol. The highest BCUT2D eigenvalue weighted by atomic mass is 16.5. The quantitative estimate of drug-likeness (QED) is 0.634. The van der Waals surface area contributed by atoms with Crippen molar-refractivity contribution in [2.75, 3.05) is 62.3 Å². The molecule has 33 heavy (non-hydrogen) atoms. The van der Waals surface area contributed by atoms with Crippen molar-refractivity contribution in [3.63, 3.8) is 0 Å². The zero-order valence-electron chi connectivity index (χ0n) is 19.8. The Morgan fingerprint density at radius 1 is 0.758 bits per heavy atom. The first-order chi connectivity index (χ1) is 16.2. The van der Waals surface area contributed by atoms with Crippen LogP contribution >= 0.6 is 0 Å². The van der Waals surface area contributed by atoms with Crippen molar-refractivity contribution < 1.29 is 14.3 Å². The van der Waals surface area contributed by atoms with E-state index in [2.05, 4.69) is 32.1 Å². The van der Waals surface area contributed by atoms with Crippen molar-refractivity contribution in [3.8, 4) is 11.5 Å². The van der Waals surface area contributed by atoms with Gasteiger partial charge in [-0.15, -0.1) is 10.2 Å². The van der Waals surface area contributed by atoms with Gasteiger partial charge in [0.05, 0.1) is 13.2 Å². The first kappa shape index (κ1) is 23.1. The van der Waals surface area contributed by atoms with Gasteiger partial charge in [0.1, 0.15) is 0 Å². The SMILES string of the molecule is CCOc1ccc(C(=O)N2CCN(c3ccc(N4CCCCCC4)nn3)CC2)cc1OCC. The maximum absolute atomic E-state index is 13.1. The lowest BCUT2D eigenvalue weighted by molar-refractivity contribution is 0.0746. The van der Waals surface area contributed by atoms with Gasteiger partial charge >= 0.3 is 0 Å². The van der Waals surface area contributed by atoms with Crippen LogP contribution < -0.4 is 19.3 Å². The van der Waals surface area contributed by atoms with Gasteiger partial charge in [-0.25, -0.2) is 0 Å². The number of hydrogen-bond donors (Lipinski definition) is 0. The molecular formula is C25H35N5O3. The first-order valence-electron chi connectivity index (χ1n) is 12.2. The highest BCUT2D eigenvalue weighted by molar-refractivity contribution is 5.95. The van der Waals surface area contributed by atoms with Crippen LogP contribution in [-0.4, -0.2) is 73.5 Å². The summed E-state index contributed by atoms with van der Waals surface area (Å²) in [5, 5.41) is 9.00. The molecule has 8 heteroatoms. The first-order valence-corrected chi connectivity index (χ1v) is 12.2. The van der Waals surface area contributed by atoms with Gasteiger partial charge in [-0.2, -0.15) is 0 Å². The molecule has 2 saturated heterocycles. The molecule has 1 aromatic heterocycles. The second-order valence-corrected chi connectivity index (χ2v) is 8.46. The molecule has 0 atom stereocenters. The van der Waals surface area contributed by atoms with Crippen LogP contribution in [0.4, 0.5) is 11.6 Å². The fourth-order valence-electron chi connectivity index (χ4n) is 4.46. The van der Waals surface area contributed by atoms with Gasteiger partial charge in [-0.1, -0.05) is 12.8 Å². The summed E-state index contributed by atoms with van der Waals surface area (Å²) >= 11 is 0. The molecule has 1 aromatic carbocycles. The summed E-state index contributed by atoms with van der Waals surface area (Å²) in [4.78, 5) is 19.5. The zero-order valence-corrected chi connectivity index (χ0v) is 19.8. The summed E-state index contributed by atoms with van der Waals surface area (Å²) in [5.74, 6) is 3.14. The largest absolute Gasteiger partial charge is 0.490 e. The summed E-state index contributed by atoms with van der Waals surface area (Å²) < 4.78 is 11.3. The van der Waals surface area contributed by atoms with E-state index in [-0.39, 0.29) is 5.91 Å². The normalized spacial score (nSPS) is 17.0. The maximum atomic E-state index is 13.1. The smallest absolute Gasteiger partial charge is 0.254 e. The highest BCUT2D eigenvalue weighted by Crippen LogP contribution is 2.29. The molecule has 0 spiro atoms. The molecule has 0 N–H and O–H groups in total. The van der Waals surface area contributed by atoms with E-state index in [1.165, 1.54) is 25.7 Å². The second kappa shape index (κ2) is 11.2. The molecule has 2 aliphatic heterocycles. The Morgan fingerprint density at radius 3 is 1.91 bits per heavy atom. The van der Waals surface area contributed by atoms with E-state index in [0.717, 1.165) is 37.8 Å². The van der Waals surface area contributed by atoms with Crippen molar-refractivity contribution in [2.45, 2.75) is 39.5 Å². The average molecular weight is 454 g/mol. The molecule has 2 aliphatic rings. The van der Waals surface area contributed by atoms with Gasteiger partial charge in [-0.3, -0.25) is 4.79 Å². The lowest BCUT2D eigenvalue weighted by Gasteiger charge is -2.35. The number of anilines is 2. The van der Waals surface area contributed by atoms with Crippen LogP contribution in [-0.2, 0) is 0 Å². The average Bonchev–Trinajstić information content (AvgIpc) is 3.15. The number of hydrogen-bond acceptors (Lipinski definition) is 7. The minimum Gasteiger partial charge on any atom is -0.490 e. The minimum atomic E-state index is 0.0150. The molecule has 178 valence electrons. The molecule has 0 unspecified atom stereocenters. The number of carbonyl (C=O) groups excluding carboxylic acids is 1. The summed E-state index contributed by atoms with van der Waals surface area (Å²) in [7, 11) is 0. The Labute approximate surface area is 196 Å². The van der Waals surface area contributed by atoms with E-state index in [9.17, 15) is 4.79 Å². The molecule has 1 amide bonds. The summed E-state index contributed by atoms with van der Waals surface area (Å²) in [6.07, 6.45) is 5.04. The molecule has 0 bridgehead atoms. The van der Waals surface area contributed by atoms with Gasteiger partial charge in [0.2, 0.25) is 0 Å². The van der Waals surface area contributed by atoms with E-state index >= 15 is 0 Å². The van der Waals surface area contributed by atoms with E-state index in [1.54, 1.807) is 6.07 Å². The Morgan fingerprint density at radius 2 is 1.33 bits per heavy atom. The molecule has 8 nitrogen and oxygen atoms in total. The zero-order chi connectivity index (χ0) is 23.0. The summed E-state index contributed by atoms with van der Waals surface area (Å²) in [6, 6.07) is 9.57. The van der Waals surface area contributed by atoms with Gasteiger partial charge in [0.15, 0.2) is 23.1 Å². The van der Waals surface area contributed by atoms with Gasteiger partial charge < -0.3 is 24.2 Å². The standard InChI is InChI=1S/C25H35N5O3/c1-3-32-21-10-9-20(19-22(21)33-4-2)25(31)30-17-15-29(16-18-30)24-12-11-23(26-27-24)28-13-7-5-6-8-14-28/h9-12,19H,3-8,13-18H2,1-2H3. The van der Waals surface area contributed by atoms with Crippen LogP contribution in [0.1, 0.15) is 49.9 Å². The number of nitrogens with zero attached hydrogens (tertiary/aromatic N) is 5. The fourth-order valence-corrected chi connectivity index (χ4v) is 4.46. The van der Waals surface area contributed by atoms with Gasteiger partial charge in [0.25, 0.3) is 5.91 Å². The van der Waals surface area contributed by atoms with Crippen molar-refractivity contribution in [1.82, 2.24) is 15.1 Å². The molecule has 4 rings (SSSR count). The number of benzene rings is 1. The topological polar surface area (TPSA) is 71.0 Å². The van der Waals surface area contributed by atoms with E-state index < -0.39 is 0 Å². The van der Waals surface area contributed by atoms with Crippen LogP contribution in [0.25, 0.3) is 0 Å².